The maximum Gasteiger partial charge on any atom is 0.215 e. The van der Waals surface area contributed by atoms with Gasteiger partial charge in [0.15, 0.2) is 0 Å². The highest BCUT2D eigenvalue weighted by atomic mass is 32.2. The molecule has 1 aromatic rings. The van der Waals surface area contributed by atoms with Crippen molar-refractivity contribution in [3.63, 3.8) is 0 Å². The summed E-state index contributed by atoms with van der Waals surface area (Å²) in [6.45, 7) is 2.55. The molecule has 1 fully saturated rings. The predicted molar refractivity (Wildman–Crippen MR) is 72.7 cm³/mol. The van der Waals surface area contributed by atoms with Gasteiger partial charge in [0.1, 0.15) is 0 Å². The standard InChI is InChI=1S/C13H20N2O2S/c16-18(17,11-13-4-2-1-3-5-13)15-10-12-6-8-14-9-7-12/h1-5,12,14-15H,6-11H2. The topological polar surface area (TPSA) is 58.2 Å². The number of hydrogen-bond acceptors (Lipinski definition) is 3. The Balaban J connectivity index is 1.83. The Hall–Kier alpha value is -0.910. The summed E-state index contributed by atoms with van der Waals surface area (Å²) in [4.78, 5) is 0. The molecule has 100 valence electrons. The van der Waals surface area contributed by atoms with Crippen molar-refractivity contribution in [2.75, 3.05) is 19.6 Å². The Kier molecular flexibility index (Phi) is 4.74. The quantitative estimate of drug-likeness (QED) is 0.841. The summed E-state index contributed by atoms with van der Waals surface area (Å²) in [5, 5.41) is 3.27. The number of nitrogens with one attached hydrogen (secondary N) is 2. The van der Waals surface area contributed by atoms with Crippen LogP contribution in [0.15, 0.2) is 30.3 Å². The van der Waals surface area contributed by atoms with Gasteiger partial charge >= 0.3 is 0 Å². The van der Waals surface area contributed by atoms with E-state index in [0.29, 0.717) is 12.5 Å². The molecule has 0 radical (unpaired) electrons. The first kappa shape index (κ1) is 13.5. The third-order valence-corrected chi connectivity index (χ3v) is 4.57. The third-order valence-electron chi connectivity index (χ3n) is 3.25. The number of rotatable bonds is 5. The Bertz CT molecular complexity index is 453. The van der Waals surface area contributed by atoms with Crippen LogP contribution < -0.4 is 10.0 Å². The molecule has 0 aromatic heterocycles. The lowest BCUT2D eigenvalue weighted by atomic mass is 9.99. The van der Waals surface area contributed by atoms with E-state index in [0.717, 1.165) is 31.5 Å². The minimum Gasteiger partial charge on any atom is -0.317 e. The SMILES string of the molecule is O=S(=O)(Cc1ccccc1)NCC1CCNCC1. The van der Waals surface area contributed by atoms with Gasteiger partial charge in [0, 0.05) is 6.54 Å². The van der Waals surface area contributed by atoms with E-state index in [1.807, 2.05) is 30.3 Å². The Morgan fingerprint density at radius 1 is 1.17 bits per heavy atom. The first-order valence-electron chi connectivity index (χ1n) is 6.38. The number of hydrogen-bond donors (Lipinski definition) is 2. The van der Waals surface area contributed by atoms with Gasteiger partial charge in [0.25, 0.3) is 0 Å². The second-order valence-corrected chi connectivity index (χ2v) is 6.59. The minimum absolute atomic E-state index is 0.0683. The monoisotopic (exact) mass is 268 g/mol. The van der Waals surface area contributed by atoms with Crippen molar-refractivity contribution in [1.82, 2.24) is 10.0 Å². The average molecular weight is 268 g/mol. The Morgan fingerprint density at radius 2 is 1.83 bits per heavy atom. The van der Waals surface area contributed by atoms with Gasteiger partial charge in [0.05, 0.1) is 5.75 Å². The molecule has 1 aromatic carbocycles. The van der Waals surface area contributed by atoms with Crippen LogP contribution in [0, 0.1) is 5.92 Å². The van der Waals surface area contributed by atoms with Gasteiger partial charge in [-0.25, -0.2) is 13.1 Å². The van der Waals surface area contributed by atoms with E-state index in [-0.39, 0.29) is 5.75 Å². The van der Waals surface area contributed by atoms with Crippen LogP contribution in [-0.2, 0) is 15.8 Å². The van der Waals surface area contributed by atoms with Gasteiger partial charge in [-0.15, -0.1) is 0 Å². The van der Waals surface area contributed by atoms with E-state index >= 15 is 0 Å². The molecule has 0 unspecified atom stereocenters. The van der Waals surface area contributed by atoms with Crippen LogP contribution in [0.1, 0.15) is 18.4 Å². The van der Waals surface area contributed by atoms with Crippen LogP contribution in [0.4, 0.5) is 0 Å². The molecular formula is C13H20N2O2S. The average Bonchev–Trinajstić information content (AvgIpc) is 2.38. The molecule has 4 nitrogen and oxygen atoms in total. The maximum absolute atomic E-state index is 11.9. The highest BCUT2D eigenvalue weighted by molar-refractivity contribution is 7.88. The maximum atomic E-state index is 11.9. The van der Waals surface area contributed by atoms with Gasteiger partial charge in [-0.1, -0.05) is 30.3 Å². The summed E-state index contributed by atoms with van der Waals surface area (Å²) in [5.74, 6) is 0.538. The molecule has 2 rings (SSSR count). The van der Waals surface area contributed by atoms with E-state index in [1.165, 1.54) is 0 Å². The van der Waals surface area contributed by atoms with Crippen LogP contribution in [0.3, 0.4) is 0 Å². The molecule has 0 amide bonds. The summed E-state index contributed by atoms with van der Waals surface area (Å²) in [5.41, 5.74) is 0.829. The lowest BCUT2D eigenvalue weighted by molar-refractivity contribution is 0.372. The molecule has 2 N–H and O–H groups in total. The van der Waals surface area contributed by atoms with Gasteiger partial charge in [-0.05, 0) is 37.4 Å². The van der Waals surface area contributed by atoms with E-state index in [1.54, 1.807) is 0 Å². The van der Waals surface area contributed by atoms with Gasteiger partial charge in [0.2, 0.25) is 10.0 Å². The molecule has 18 heavy (non-hydrogen) atoms. The normalized spacial score (nSPS) is 17.8. The van der Waals surface area contributed by atoms with E-state index in [9.17, 15) is 8.42 Å². The molecule has 0 aliphatic carbocycles. The van der Waals surface area contributed by atoms with Crippen molar-refractivity contribution in [1.29, 1.82) is 0 Å². The lowest BCUT2D eigenvalue weighted by Gasteiger charge is -2.22. The van der Waals surface area contributed by atoms with Crippen molar-refractivity contribution < 1.29 is 8.42 Å². The fourth-order valence-electron chi connectivity index (χ4n) is 2.18. The van der Waals surface area contributed by atoms with Crippen molar-refractivity contribution in [2.45, 2.75) is 18.6 Å². The smallest absolute Gasteiger partial charge is 0.215 e. The number of sulfonamides is 1. The summed E-state index contributed by atoms with van der Waals surface area (Å²) >= 11 is 0. The van der Waals surface area contributed by atoms with Crippen molar-refractivity contribution in [3.05, 3.63) is 35.9 Å². The molecule has 0 bridgehead atoms. The van der Waals surface area contributed by atoms with E-state index in [2.05, 4.69) is 10.0 Å². The van der Waals surface area contributed by atoms with Crippen molar-refractivity contribution >= 4 is 10.0 Å². The highest BCUT2D eigenvalue weighted by Crippen LogP contribution is 2.11. The largest absolute Gasteiger partial charge is 0.317 e. The molecule has 0 spiro atoms. The molecule has 1 aliphatic heterocycles. The Labute approximate surface area is 109 Å². The minimum atomic E-state index is -3.20. The molecular weight excluding hydrogens is 248 g/mol. The zero-order valence-electron chi connectivity index (χ0n) is 10.4. The molecule has 0 atom stereocenters. The molecule has 5 heteroatoms. The molecule has 1 aliphatic rings. The van der Waals surface area contributed by atoms with Crippen LogP contribution in [-0.4, -0.2) is 28.1 Å². The van der Waals surface area contributed by atoms with E-state index < -0.39 is 10.0 Å². The van der Waals surface area contributed by atoms with Crippen LogP contribution in [0.2, 0.25) is 0 Å². The lowest BCUT2D eigenvalue weighted by Crippen LogP contribution is -2.36. The molecule has 1 heterocycles. The second-order valence-electron chi connectivity index (χ2n) is 4.79. The highest BCUT2D eigenvalue weighted by Gasteiger charge is 2.17. The van der Waals surface area contributed by atoms with Gasteiger partial charge in [-0.3, -0.25) is 0 Å². The summed E-state index contributed by atoms with van der Waals surface area (Å²) in [6, 6.07) is 9.28. The molecule has 1 saturated heterocycles. The van der Waals surface area contributed by atoms with Crippen LogP contribution in [0.5, 0.6) is 0 Å². The molecule has 0 saturated carbocycles. The summed E-state index contributed by atoms with van der Waals surface area (Å²) in [7, 11) is -3.20. The van der Waals surface area contributed by atoms with Crippen molar-refractivity contribution in [2.24, 2.45) is 5.92 Å². The Morgan fingerprint density at radius 3 is 2.50 bits per heavy atom. The van der Waals surface area contributed by atoms with Crippen LogP contribution >= 0.6 is 0 Å². The second kappa shape index (κ2) is 6.31. The van der Waals surface area contributed by atoms with Gasteiger partial charge in [-0.2, -0.15) is 0 Å². The van der Waals surface area contributed by atoms with Gasteiger partial charge < -0.3 is 5.32 Å². The summed E-state index contributed by atoms with van der Waals surface area (Å²) < 4.78 is 26.6. The first-order valence-corrected chi connectivity index (χ1v) is 8.03. The fraction of sp³-hybridized carbons (Fsp3) is 0.538. The number of piperidine rings is 1. The fourth-order valence-corrected chi connectivity index (χ4v) is 3.40. The number of benzene rings is 1. The first-order chi connectivity index (χ1) is 8.66. The summed E-state index contributed by atoms with van der Waals surface area (Å²) in [6.07, 6.45) is 2.10. The third kappa shape index (κ3) is 4.40. The predicted octanol–water partition coefficient (Wildman–Crippen LogP) is 1.11. The zero-order valence-corrected chi connectivity index (χ0v) is 11.2. The van der Waals surface area contributed by atoms with E-state index in [4.69, 9.17) is 0 Å². The van der Waals surface area contributed by atoms with Crippen LogP contribution in [0.25, 0.3) is 0 Å². The zero-order chi connectivity index (χ0) is 12.8. The van der Waals surface area contributed by atoms with Crippen molar-refractivity contribution in [3.8, 4) is 0 Å².